The summed E-state index contributed by atoms with van der Waals surface area (Å²) in [7, 11) is 0. The molecule has 0 aliphatic heterocycles. The van der Waals surface area contributed by atoms with E-state index in [-0.39, 0.29) is 17.9 Å². The van der Waals surface area contributed by atoms with Crippen LogP contribution < -0.4 is 5.32 Å². The quantitative estimate of drug-likeness (QED) is 0.854. The number of benzene rings is 2. The van der Waals surface area contributed by atoms with Crippen molar-refractivity contribution >= 4 is 0 Å². The second-order valence-corrected chi connectivity index (χ2v) is 5.13. The molecule has 2 atom stereocenters. The zero-order valence-corrected chi connectivity index (χ0v) is 12.0. The van der Waals surface area contributed by atoms with Gasteiger partial charge in [0.1, 0.15) is 11.6 Å². The van der Waals surface area contributed by atoms with E-state index < -0.39 is 5.82 Å². The predicted molar refractivity (Wildman–Crippen MR) is 77.5 cm³/mol. The largest absolute Gasteiger partial charge is 0.304 e. The van der Waals surface area contributed by atoms with Crippen LogP contribution in [0.4, 0.5) is 8.78 Å². The minimum absolute atomic E-state index is 0.0638. The molecule has 0 spiro atoms. The summed E-state index contributed by atoms with van der Waals surface area (Å²) in [6.07, 6.45) is 0. The van der Waals surface area contributed by atoms with Gasteiger partial charge in [0.2, 0.25) is 0 Å². The van der Waals surface area contributed by atoms with Crippen molar-refractivity contribution < 1.29 is 8.78 Å². The second kappa shape index (κ2) is 6.14. The van der Waals surface area contributed by atoms with E-state index in [2.05, 4.69) is 5.32 Å². The summed E-state index contributed by atoms with van der Waals surface area (Å²) in [4.78, 5) is 0. The molecule has 3 heteroatoms. The number of halogens is 2. The normalized spacial score (nSPS) is 14.1. The van der Waals surface area contributed by atoms with Crippen LogP contribution in [0.1, 0.15) is 42.6 Å². The topological polar surface area (TPSA) is 12.0 Å². The number of nitrogens with one attached hydrogen (secondary N) is 1. The van der Waals surface area contributed by atoms with Gasteiger partial charge in [-0.3, -0.25) is 0 Å². The molecular weight excluding hydrogens is 256 g/mol. The number of hydrogen-bond donors (Lipinski definition) is 1. The van der Waals surface area contributed by atoms with Crippen LogP contribution in [0.3, 0.4) is 0 Å². The standard InChI is InChI=1S/C17H19F2N/c1-11-6-4-5-7-15(11)12(2)20-13(3)16-10-14(18)8-9-17(16)19/h4-10,12-13,20H,1-3H3. The fourth-order valence-electron chi connectivity index (χ4n) is 2.47. The molecule has 0 heterocycles. The van der Waals surface area contributed by atoms with Crippen molar-refractivity contribution in [1.82, 2.24) is 5.32 Å². The summed E-state index contributed by atoms with van der Waals surface area (Å²) in [6, 6.07) is 11.4. The first kappa shape index (κ1) is 14.7. The Hall–Kier alpha value is -1.74. The highest BCUT2D eigenvalue weighted by Gasteiger charge is 2.16. The lowest BCUT2D eigenvalue weighted by molar-refractivity contribution is 0.469. The van der Waals surface area contributed by atoms with Crippen molar-refractivity contribution in [2.75, 3.05) is 0 Å². The van der Waals surface area contributed by atoms with E-state index in [0.29, 0.717) is 5.56 Å². The Kier molecular flexibility index (Phi) is 4.50. The minimum atomic E-state index is -0.418. The molecule has 0 saturated carbocycles. The molecule has 2 aromatic carbocycles. The van der Waals surface area contributed by atoms with Crippen molar-refractivity contribution in [2.45, 2.75) is 32.9 Å². The third-order valence-corrected chi connectivity index (χ3v) is 3.58. The van der Waals surface area contributed by atoms with E-state index in [1.807, 2.05) is 45.0 Å². The van der Waals surface area contributed by atoms with E-state index in [4.69, 9.17) is 0 Å². The van der Waals surface area contributed by atoms with Crippen molar-refractivity contribution in [3.05, 3.63) is 70.8 Å². The van der Waals surface area contributed by atoms with E-state index in [0.717, 1.165) is 11.6 Å². The Labute approximate surface area is 118 Å². The van der Waals surface area contributed by atoms with Crippen LogP contribution in [0.15, 0.2) is 42.5 Å². The average molecular weight is 275 g/mol. The van der Waals surface area contributed by atoms with Gasteiger partial charge in [0.15, 0.2) is 0 Å². The maximum atomic E-state index is 13.7. The Morgan fingerprint density at radius 2 is 1.55 bits per heavy atom. The van der Waals surface area contributed by atoms with Crippen molar-refractivity contribution in [3.63, 3.8) is 0 Å². The summed E-state index contributed by atoms with van der Waals surface area (Å²) in [5.41, 5.74) is 2.70. The Morgan fingerprint density at radius 3 is 2.25 bits per heavy atom. The third kappa shape index (κ3) is 3.23. The van der Waals surface area contributed by atoms with E-state index in [1.165, 1.54) is 17.7 Å². The van der Waals surface area contributed by atoms with Crippen LogP contribution in [-0.4, -0.2) is 0 Å². The molecule has 1 N–H and O–H groups in total. The maximum absolute atomic E-state index is 13.7. The van der Waals surface area contributed by atoms with Crippen LogP contribution in [0.5, 0.6) is 0 Å². The van der Waals surface area contributed by atoms with Gasteiger partial charge >= 0.3 is 0 Å². The molecule has 2 rings (SSSR count). The van der Waals surface area contributed by atoms with E-state index in [9.17, 15) is 8.78 Å². The summed E-state index contributed by atoms with van der Waals surface area (Å²) >= 11 is 0. The molecule has 1 nitrogen and oxygen atoms in total. The van der Waals surface area contributed by atoms with Gasteiger partial charge in [0.25, 0.3) is 0 Å². The molecule has 20 heavy (non-hydrogen) atoms. The highest BCUT2D eigenvalue weighted by Crippen LogP contribution is 2.23. The van der Waals surface area contributed by atoms with Gasteiger partial charge in [0, 0.05) is 17.6 Å². The Morgan fingerprint density at radius 1 is 0.900 bits per heavy atom. The molecule has 106 valence electrons. The molecule has 2 unspecified atom stereocenters. The third-order valence-electron chi connectivity index (χ3n) is 3.58. The van der Waals surface area contributed by atoms with Crippen LogP contribution >= 0.6 is 0 Å². The van der Waals surface area contributed by atoms with Gasteiger partial charge in [-0.2, -0.15) is 0 Å². The predicted octanol–water partition coefficient (Wildman–Crippen LogP) is 4.69. The second-order valence-electron chi connectivity index (χ2n) is 5.13. The minimum Gasteiger partial charge on any atom is -0.304 e. The van der Waals surface area contributed by atoms with Crippen LogP contribution in [-0.2, 0) is 0 Å². The molecule has 0 fully saturated rings. The van der Waals surface area contributed by atoms with Crippen LogP contribution in [0, 0.1) is 18.6 Å². The lowest BCUT2D eigenvalue weighted by atomic mass is 10.0. The molecule has 0 aliphatic carbocycles. The first-order valence-corrected chi connectivity index (χ1v) is 6.75. The van der Waals surface area contributed by atoms with Gasteiger partial charge in [-0.25, -0.2) is 8.78 Å². The van der Waals surface area contributed by atoms with E-state index in [1.54, 1.807) is 0 Å². The fraction of sp³-hybridized carbons (Fsp3) is 0.294. The smallest absolute Gasteiger partial charge is 0.128 e. The van der Waals surface area contributed by atoms with Gasteiger partial charge in [0.05, 0.1) is 0 Å². The average Bonchev–Trinajstić information content (AvgIpc) is 2.41. The van der Waals surface area contributed by atoms with Crippen LogP contribution in [0.25, 0.3) is 0 Å². The maximum Gasteiger partial charge on any atom is 0.128 e. The number of hydrogen-bond acceptors (Lipinski definition) is 1. The summed E-state index contributed by atoms with van der Waals surface area (Å²) < 4.78 is 27.0. The number of aryl methyl sites for hydroxylation is 1. The molecule has 0 radical (unpaired) electrons. The van der Waals surface area contributed by atoms with Gasteiger partial charge in [-0.15, -0.1) is 0 Å². The SMILES string of the molecule is Cc1ccccc1C(C)NC(C)c1cc(F)ccc1F. The lowest BCUT2D eigenvalue weighted by Crippen LogP contribution is -2.24. The lowest BCUT2D eigenvalue weighted by Gasteiger charge is -2.22. The molecule has 0 aromatic heterocycles. The molecular formula is C17H19F2N. The first-order chi connectivity index (χ1) is 9.49. The van der Waals surface area contributed by atoms with Gasteiger partial charge in [-0.1, -0.05) is 24.3 Å². The zero-order chi connectivity index (χ0) is 14.7. The number of rotatable bonds is 4. The molecule has 2 aromatic rings. The van der Waals surface area contributed by atoms with Gasteiger partial charge < -0.3 is 5.32 Å². The van der Waals surface area contributed by atoms with Gasteiger partial charge in [-0.05, 0) is 50.1 Å². The highest BCUT2D eigenvalue weighted by molar-refractivity contribution is 5.29. The van der Waals surface area contributed by atoms with Crippen molar-refractivity contribution in [1.29, 1.82) is 0 Å². The molecule has 0 saturated heterocycles. The molecule has 0 amide bonds. The Bertz CT molecular complexity index is 595. The van der Waals surface area contributed by atoms with Crippen LogP contribution in [0.2, 0.25) is 0 Å². The summed E-state index contributed by atoms with van der Waals surface area (Å²) in [5, 5.41) is 3.31. The zero-order valence-electron chi connectivity index (χ0n) is 12.0. The summed E-state index contributed by atoms with van der Waals surface area (Å²) in [5.74, 6) is -0.804. The fourth-order valence-corrected chi connectivity index (χ4v) is 2.47. The van der Waals surface area contributed by atoms with E-state index >= 15 is 0 Å². The highest BCUT2D eigenvalue weighted by atomic mass is 19.1. The molecule has 0 aliphatic rings. The monoisotopic (exact) mass is 275 g/mol. The van der Waals surface area contributed by atoms with Crippen molar-refractivity contribution in [2.24, 2.45) is 0 Å². The van der Waals surface area contributed by atoms with Crippen molar-refractivity contribution in [3.8, 4) is 0 Å². The molecule has 0 bridgehead atoms. The Balaban J connectivity index is 2.17. The summed E-state index contributed by atoms with van der Waals surface area (Å²) in [6.45, 7) is 5.91. The first-order valence-electron chi connectivity index (χ1n) is 6.75.